The van der Waals surface area contributed by atoms with Crippen molar-refractivity contribution >= 4 is 23.2 Å². The Bertz CT molecular complexity index is 1700. The number of aromatic nitrogens is 4. The molecule has 0 bridgehead atoms. The number of hydrogen-bond donors (Lipinski definition) is 1. The summed E-state index contributed by atoms with van der Waals surface area (Å²) in [4.78, 5) is 40.2. The lowest BCUT2D eigenvalue weighted by molar-refractivity contribution is -0.130. The molecule has 12 heteroatoms. The molecule has 0 spiro atoms. The van der Waals surface area contributed by atoms with Gasteiger partial charge in [0.05, 0.1) is 18.7 Å². The fourth-order valence-corrected chi connectivity index (χ4v) is 7.32. The van der Waals surface area contributed by atoms with Crippen LogP contribution in [-0.2, 0) is 22.7 Å². The van der Waals surface area contributed by atoms with Crippen molar-refractivity contribution in [3.05, 3.63) is 101 Å². The van der Waals surface area contributed by atoms with Gasteiger partial charge in [-0.05, 0) is 36.1 Å². The molecule has 0 saturated heterocycles. The van der Waals surface area contributed by atoms with E-state index < -0.39 is 11.9 Å². The van der Waals surface area contributed by atoms with Crippen LogP contribution in [0.25, 0.3) is 0 Å². The fourth-order valence-electron chi connectivity index (χ4n) is 6.46. The van der Waals surface area contributed by atoms with Gasteiger partial charge in [-0.3, -0.25) is 9.59 Å². The van der Waals surface area contributed by atoms with Gasteiger partial charge in [0.2, 0.25) is 0 Å². The number of carbonyl (C=O) groups excluding carboxylic acids is 2. The van der Waals surface area contributed by atoms with E-state index in [2.05, 4.69) is 29.9 Å². The van der Waals surface area contributed by atoms with E-state index in [1.807, 2.05) is 51.7 Å². The first kappa shape index (κ1) is 31.4. The first-order chi connectivity index (χ1) is 22.2. The Morgan fingerprint density at radius 2 is 1.52 bits per heavy atom. The third kappa shape index (κ3) is 6.13. The maximum absolute atomic E-state index is 14.1. The van der Waals surface area contributed by atoms with Crippen LogP contribution in [0.5, 0.6) is 5.75 Å². The standard InChI is InChI=1S/C34H40N6O5S/c1-22(2)27-29(39(33(42)31(27)41)13-6-11-37-15-9-35-20-37)25-18-24(19-44-25)45-32-28(23(3)4)30(26-8-5-17-46-26)40(34(32)43)14-7-12-38-16-10-36-21-38/h5,8-10,15-23,29-30,41H,6-7,11-14H2,1-4H3. The third-order valence-corrected chi connectivity index (χ3v) is 9.48. The molecule has 2 unspecified atom stereocenters. The summed E-state index contributed by atoms with van der Waals surface area (Å²) in [7, 11) is 0. The van der Waals surface area contributed by atoms with Gasteiger partial charge in [-0.1, -0.05) is 33.8 Å². The normalized spacial score (nSPS) is 18.8. The lowest BCUT2D eigenvalue weighted by Crippen LogP contribution is -2.32. The van der Waals surface area contributed by atoms with Crippen LogP contribution >= 0.6 is 11.3 Å². The molecule has 242 valence electrons. The van der Waals surface area contributed by atoms with Gasteiger partial charge in [0.25, 0.3) is 11.8 Å². The molecule has 0 aromatic carbocycles. The molecule has 0 aliphatic carbocycles. The summed E-state index contributed by atoms with van der Waals surface area (Å²) in [6, 6.07) is 5.01. The van der Waals surface area contributed by atoms with Gasteiger partial charge >= 0.3 is 0 Å². The summed E-state index contributed by atoms with van der Waals surface area (Å²) in [5.41, 5.74) is 1.53. The Morgan fingerprint density at radius 3 is 2.07 bits per heavy atom. The lowest BCUT2D eigenvalue weighted by Gasteiger charge is -2.27. The molecule has 0 saturated carbocycles. The van der Waals surface area contributed by atoms with Gasteiger partial charge in [-0.2, -0.15) is 0 Å². The molecule has 6 rings (SSSR count). The number of aliphatic hydroxyl groups is 1. The Balaban J connectivity index is 1.26. The van der Waals surface area contributed by atoms with Crippen molar-refractivity contribution in [3.63, 3.8) is 0 Å². The summed E-state index contributed by atoms with van der Waals surface area (Å²) >= 11 is 1.63. The van der Waals surface area contributed by atoms with Crippen molar-refractivity contribution in [2.45, 2.75) is 65.7 Å². The highest BCUT2D eigenvalue weighted by molar-refractivity contribution is 7.10. The van der Waals surface area contributed by atoms with Crippen molar-refractivity contribution in [2.75, 3.05) is 13.1 Å². The Kier molecular flexibility index (Phi) is 9.16. The molecule has 0 radical (unpaired) electrons. The van der Waals surface area contributed by atoms with Crippen LogP contribution in [0.2, 0.25) is 0 Å². The molecule has 6 heterocycles. The Hall–Kier alpha value is -4.58. The SMILES string of the molecule is CC(C)C1=C(O)C(=O)N(CCCn2ccnc2)C1c1cc(OC2=C(C(C)C)C(c3cccs3)N(CCCn3ccnc3)C2=O)co1. The molecule has 2 amide bonds. The molecular formula is C34H40N6O5S. The van der Waals surface area contributed by atoms with Gasteiger partial charge in [-0.15, -0.1) is 11.3 Å². The van der Waals surface area contributed by atoms with Crippen molar-refractivity contribution in [3.8, 4) is 5.75 Å². The van der Waals surface area contributed by atoms with Gasteiger partial charge in [0, 0.05) is 73.1 Å². The largest absolute Gasteiger partial charge is 0.503 e. The number of carbonyl (C=O) groups is 2. The minimum Gasteiger partial charge on any atom is -0.503 e. The Labute approximate surface area is 272 Å². The highest BCUT2D eigenvalue weighted by atomic mass is 32.1. The minimum absolute atomic E-state index is 0.0435. The van der Waals surface area contributed by atoms with Crippen LogP contribution < -0.4 is 4.74 Å². The van der Waals surface area contributed by atoms with E-state index >= 15 is 0 Å². The van der Waals surface area contributed by atoms with Gasteiger partial charge in [-0.25, -0.2) is 9.97 Å². The first-order valence-electron chi connectivity index (χ1n) is 15.7. The number of thiophene rings is 1. The zero-order valence-electron chi connectivity index (χ0n) is 26.6. The predicted molar refractivity (Wildman–Crippen MR) is 173 cm³/mol. The van der Waals surface area contributed by atoms with E-state index in [0.717, 1.165) is 23.4 Å². The average molecular weight is 645 g/mol. The molecule has 2 aliphatic heterocycles. The Morgan fingerprint density at radius 1 is 0.891 bits per heavy atom. The maximum atomic E-state index is 14.1. The number of imidazole rings is 2. The summed E-state index contributed by atoms with van der Waals surface area (Å²) in [6.45, 7) is 10.5. The minimum atomic E-state index is -0.580. The van der Waals surface area contributed by atoms with Crippen LogP contribution in [0.4, 0.5) is 0 Å². The second-order valence-electron chi connectivity index (χ2n) is 12.3. The lowest BCUT2D eigenvalue weighted by atomic mass is 9.94. The number of hydrogen-bond acceptors (Lipinski definition) is 8. The summed E-state index contributed by atoms with van der Waals surface area (Å²) < 4.78 is 16.4. The van der Waals surface area contributed by atoms with E-state index in [0.29, 0.717) is 48.9 Å². The molecule has 11 nitrogen and oxygen atoms in total. The zero-order chi connectivity index (χ0) is 32.4. The van der Waals surface area contributed by atoms with E-state index in [-0.39, 0.29) is 29.5 Å². The van der Waals surface area contributed by atoms with Gasteiger partial charge < -0.3 is 33.2 Å². The van der Waals surface area contributed by atoms with Crippen LogP contribution in [0.3, 0.4) is 0 Å². The number of furan rings is 1. The topological polar surface area (TPSA) is 119 Å². The third-order valence-electron chi connectivity index (χ3n) is 8.56. The van der Waals surface area contributed by atoms with E-state index in [1.165, 1.54) is 6.26 Å². The second kappa shape index (κ2) is 13.4. The molecule has 2 aliphatic rings. The van der Waals surface area contributed by atoms with E-state index in [4.69, 9.17) is 9.15 Å². The molecule has 4 aromatic heterocycles. The van der Waals surface area contributed by atoms with Crippen molar-refractivity contribution < 1.29 is 23.8 Å². The van der Waals surface area contributed by atoms with Crippen LogP contribution in [0.1, 0.15) is 63.3 Å². The molecule has 0 fully saturated rings. The summed E-state index contributed by atoms with van der Waals surface area (Å²) in [5, 5.41) is 12.9. The quantitative estimate of drug-likeness (QED) is 0.175. The molecule has 46 heavy (non-hydrogen) atoms. The van der Waals surface area contributed by atoms with Crippen LogP contribution in [-0.4, -0.2) is 58.9 Å². The average Bonchev–Trinajstić information content (AvgIpc) is 3.87. The second-order valence-corrected chi connectivity index (χ2v) is 13.3. The molecular weight excluding hydrogens is 604 g/mol. The van der Waals surface area contributed by atoms with Crippen LogP contribution in [0.15, 0.2) is 94.4 Å². The van der Waals surface area contributed by atoms with E-state index in [9.17, 15) is 14.7 Å². The van der Waals surface area contributed by atoms with Gasteiger partial charge in [0.15, 0.2) is 17.3 Å². The summed E-state index contributed by atoms with van der Waals surface area (Å²) in [5.74, 6) is 0.295. The fraction of sp³-hybridized carbons (Fsp3) is 0.412. The van der Waals surface area contributed by atoms with E-state index in [1.54, 1.807) is 47.4 Å². The highest BCUT2D eigenvalue weighted by Crippen LogP contribution is 2.46. The van der Waals surface area contributed by atoms with Gasteiger partial charge in [0.1, 0.15) is 18.1 Å². The number of aliphatic hydroxyl groups excluding tert-OH is 1. The van der Waals surface area contributed by atoms with Crippen molar-refractivity contribution in [1.29, 1.82) is 0 Å². The first-order valence-corrected chi connectivity index (χ1v) is 16.6. The smallest absolute Gasteiger partial charge is 0.290 e. The molecule has 2 atom stereocenters. The predicted octanol–water partition coefficient (Wildman–Crippen LogP) is 6.14. The zero-order valence-corrected chi connectivity index (χ0v) is 27.4. The molecule has 4 aromatic rings. The monoisotopic (exact) mass is 644 g/mol. The van der Waals surface area contributed by atoms with Crippen molar-refractivity contribution in [2.24, 2.45) is 11.8 Å². The number of ether oxygens (including phenoxy) is 1. The highest BCUT2D eigenvalue weighted by Gasteiger charge is 2.45. The number of aryl methyl sites for hydroxylation is 2. The number of amides is 2. The van der Waals surface area contributed by atoms with Crippen molar-refractivity contribution in [1.82, 2.24) is 28.9 Å². The number of nitrogens with zero attached hydrogens (tertiary/aromatic N) is 6. The summed E-state index contributed by atoms with van der Waals surface area (Å²) in [6.07, 6.45) is 13.7. The molecule has 1 N–H and O–H groups in total. The van der Waals surface area contributed by atoms with Crippen LogP contribution in [0, 0.1) is 11.8 Å². The number of rotatable bonds is 14. The maximum Gasteiger partial charge on any atom is 0.290 e.